The van der Waals surface area contributed by atoms with Crippen molar-refractivity contribution in [2.45, 2.75) is 13.5 Å². The van der Waals surface area contributed by atoms with Gasteiger partial charge in [-0.05, 0) is 31.2 Å². The summed E-state index contributed by atoms with van der Waals surface area (Å²) in [5, 5.41) is 1.22. The normalized spacial score (nSPS) is 14.9. The number of hydrogen-bond acceptors (Lipinski definition) is 4. The molecule has 0 unspecified atom stereocenters. The van der Waals surface area contributed by atoms with Gasteiger partial charge in [0.1, 0.15) is 0 Å². The second-order valence-corrected chi connectivity index (χ2v) is 10.0. The summed E-state index contributed by atoms with van der Waals surface area (Å²) >= 11 is 14.0. The molecule has 8 heteroatoms. The molecule has 2 aromatic carbocycles. The van der Waals surface area contributed by atoms with Crippen molar-refractivity contribution in [3.8, 4) is 11.3 Å². The number of piperazine rings is 1. The van der Waals surface area contributed by atoms with Crippen LogP contribution in [0.15, 0.2) is 54.7 Å². The number of hydrogen-bond donors (Lipinski definition) is 0. The number of amides is 1. The summed E-state index contributed by atoms with van der Waals surface area (Å²) in [6.45, 7) is 5.81. The average Bonchev–Trinajstić information content (AvgIpc) is 3.31. The standard InChI is InChI=1S/C24H22Cl2N4OS/c1-16-14-30-21(22(27-24(30)32-16)17-6-8-18(25)9-7-17)15-28-10-12-29(13-11-28)23(31)19-4-2-3-5-20(19)26/h2-9,14H,10-13,15H2,1H3. The molecule has 5 nitrogen and oxygen atoms in total. The lowest BCUT2D eigenvalue weighted by Gasteiger charge is -2.35. The largest absolute Gasteiger partial charge is 0.336 e. The molecule has 0 atom stereocenters. The van der Waals surface area contributed by atoms with Crippen molar-refractivity contribution < 1.29 is 4.79 Å². The van der Waals surface area contributed by atoms with Crippen LogP contribution in [0.3, 0.4) is 0 Å². The Morgan fingerprint density at radius 1 is 1.03 bits per heavy atom. The van der Waals surface area contributed by atoms with Gasteiger partial charge in [-0.15, -0.1) is 11.3 Å². The summed E-state index contributed by atoms with van der Waals surface area (Å²) in [6, 6.07) is 15.1. The summed E-state index contributed by atoms with van der Waals surface area (Å²) < 4.78 is 2.20. The van der Waals surface area contributed by atoms with Crippen LogP contribution < -0.4 is 0 Å². The number of aromatic nitrogens is 2. The van der Waals surface area contributed by atoms with E-state index >= 15 is 0 Å². The van der Waals surface area contributed by atoms with Crippen molar-refractivity contribution in [3.05, 3.63) is 80.9 Å². The molecule has 0 N–H and O–H groups in total. The first kappa shape index (κ1) is 21.5. The van der Waals surface area contributed by atoms with Gasteiger partial charge in [-0.25, -0.2) is 4.98 Å². The van der Waals surface area contributed by atoms with Crippen LogP contribution in [0.2, 0.25) is 10.0 Å². The summed E-state index contributed by atoms with van der Waals surface area (Å²) in [7, 11) is 0. The van der Waals surface area contributed by atoms with Crippen molar-refractivity contribution in [1.29, 1.82) is 0 Å². The molecule has 0 radical (unpaired) electrons. The third kappa shape index (κ3) is 4.16. The van der Waals surface area contributed by atoms with Crippen molar-refractivity contribution in [3.63, 3.8) is 0 Å². The van der Waals surface area contributed by atoms with Crippen molar-refractivity contribution in [2.24, 2.45) is 0 Å². The van der Waals surface area contributed by atoms with Crippen LogP contribution in [-0.4, -0.2) is 51.3 Å². The molecule has 0 aliphatic carbocycles. The van der Waals surface area contributed by atoms with Gasteiger partial charge in [0.05, 0.1) is 22.0 Å². The molecule has 1 fully saturated rings. The topological polar surface area (TPSA) is 40.9 Å². The quantitative estimate of drug-likeness (QED) is 0.376. The maximum absolute atomic E-state index is 12.9. The third-order valence-electron chi connectivity index (χ3n) is 5.80. The lowest BCUT2D eigenvalue weighted by Crippen LogP contribution is -2.48. The van der Waals surface area contributed by atoms with Gasteiger partial charge in [-0.1, -0.05) is 47.5 Å². The zero-order valence-corrected chi connectivity index (χ0v) is 19.9. The number of thiazole rings is 1. The van der Waals surface area contributed by atoms with Crippen LogP contribution in [0, 0.1) is 6.92 Å². The van der Waals surface area contributed by atoms with Gasteiger partial charge in [0, 0.05) is 54.4 Å². The van der Waals surface area contributed by atoms with Crippen LogP contribution in [-0.2, 0) is 6.54 Å². The van der Waals surface area contributed by atoms with Gasteiger partial charge >= 0.3 is 0 Å². The van der Waals surface area contributed by atoms with E-state index in [1.165, 1.54) is 4.88 Å². The van der Waals surface area contributed by atoms with Gasteiger partial charge in [0.2, 0.25) is 0 Å². The van der Waals surface area contributed by atoms with Gasteiger partial charge in [0.25, 0.3) is 5.91 Å². The summed E-state index contributed by atoms with van der Waals surface area (Å²) in [6.07, 6.45) is 2.15. The first-order valence-electron chi connectivity index (χ1n) is 10.5. The molecule has 5 rings (SSSR count). The minimum atomic E-state index is -0.00249. The number of imidazole rings is 1. The molecule has 1 saturated heterocycles. The number of benzene rings is 2. The fourth-order valence-electron chi connectivity index (χ4n) is 4.12. The number of carbonyl (C=O) groups excluding carboxylic acids is 1. The van der Waals surface area contributed by atoms with Crippen molar-refractivity contribution in [1.82, 2.24) is 19.2 Å². The van der Waals surface area contributed by atoms with E-state index in [1.807, 2.05) is 41.3 Å². The highest BCUT2D eigenvalue weighted by Crippen LogP contribution is 2.30. The van der Waals surface area contributed by atoms with Gasteiger partial charge < -0.3 is 4.90 Å². The lowest BCUT2D eigenvalue weighted by molar-refractivity contribution is 0.0627. The first-order chi connectivity index (χ1) is 15.5. The predicted octanol–water partition coefficient (Wildman–Crippen LogP) is 5.64. The Labute approximate surface area is 200 Å². The molecule has 164 valence electrons. The Hall–Kier alpha value is -2.38. The second kappa shape index (κ2) is 8.87. The van der Waals surface area contributed by atoms with Gasteiger partial charge in [-0.2, -0.15) is 0 Å². The Kier molecular flexibility index (Phi) is 5.95. The second-order valence-electron chi connectivity index (χ2n) is 7.96. The van der Waals surface area contributed by atoms with E-state index in [2.05, 4.69) is 22.4 Å². The number of halogens is 2. The summed E-state index contributed by atoms with van der Waals surface area (Å²) in [5.74, 6) is -0.00249. The first-order valence-corrected chi connectivity index (χ1v) is 12.1. The van der Waals surface area contributed by atoms with Crippen LogP contribution in [0.25, 0.3) is 16.2 Å². The molecule has 0 saturated carbocycles. The van der Waals surface area contributed by atoms with Gasteiger partial charge in [-0.3, -0.25) is 14.1 Å². The van der Waals surface area contributed by atoms with Crippen LogP contribution in [0.4, 0.5) is 0 Å². The van der Waals surface area contributed by atoms with Crippen LogP contribution in [0.5, 0.6) is 0 Å². The van der Waals surface area contributed by atoms with Crippen LogP contribution >= 0.6 is 34.5 Å². The van der Waals surface area contributed by atoms with E-state index in [0.717, 1.165) is 41.5 Å². The Morgan fingerprint density at radius 3 is 2.47 bits per heavy atom. The molecule has 3 heterocycles. The van der Waals surface area contributed by atoms with E-state index < -0.39 is 0 Å². The predicted molar refractivity (Wildman–Crippen MR) is 131 cm³/mol. The van der Waals surface area contributed by atoms with E-state index in [4.69, 9.17) is 28.2 Å². The monoisotopic (exact) mass is 484 g/mol. The zero-order chi connectivity index (χ0) is 22.2. The van der Waals surface area contributed by atoms with E-state index in [0.29, 0.717) is 28.7 Å². The average molecular weight is 485 g/mol. The molecular weight excluding hydrogens is 463 g/mol. The number of aryl methyl sites for hydroxylation is 1. The van der Waals surface area contributed by atoms with Crippen molar-refractivity contribution >= 4 is 45.4 Å². The smallest absolute Gasteiger partial charge is 0.255 e. The fourth-order valence-corrected chi connectivity index (χ4v) is 5.30. The minimum Gasteiger partial charge on any atom is -0.336 e. The highest BCUT2D eigenvalue weighted by atomic mass is 35.5. The number of fused-ring (bicyclic) bond motifs is 1. The molecule has 2 aromatic heterocycles. The summed E-state index contributed by atoms with van der Waals surface area (Å²) in [5.41, 5.74) is 3.78. The van der Waals surface area contributed by atoms with Gasteiger partial charge in [0.15, 0.2) is 4.96 Å². The molecule has 1 aliphatic rings. The Morgan fingerprint density at radius 2 is 1.75 bits per heavy atom. The van der Waals surface area contributed by atoms with E-state index in [-0.39, 0.29) is 5.91 Å². The molecule has 1 amide bonds. The Bertz CT molecular complexity index is 1270. The fraction of sp³-hybridized carbons (Fsp3) is 0.250. The van der Waals surface area contributed by atoms with Crippen molar-refractivity contribution in [2.75, 3.05) is 26.2 Å². The number of rotatable bonds is 4. The molecule has 32 heavy (non-hydrogen) atoms. The number of carbonyl (C=O) groups is 1. The highest BCUT2D eigenvalue weighted by Gasteiger charge is 2.25. The van der Waals surface area contributed by atoms with Crippen LogP contribution in [0.1, 0.15) is 20.9 Å². The Balaban J connectivity index is 1.35. The highest BCUT2D eigenvalue weighted by molar-refractivity contribution is 7.17. The van der Waals surface area contributed by atoms with E-state index in [1.54, 1.807) is 23.5 Å². The molecule has 1 aliphatic heterocycles. The molecular formula is C24H22Cl2N4OS. The third-order valence-corrected chi connectivity index (χ3v) is 7.28. The maximum atomic E-state index is 12.9. The van der Waals surface area contributed by atoms with E-state index in [9.17, 15) is 4.79 Å². The number of nitrogens with zero attached hydrogens (tertiary/aromatic N) is 4. The zero-order valence-electron chi connectivity index (χ0n) is 17.6. The minimum absolute atomic E-state index is 0.00249. The maximum Gasteiger partial charge on any atom is 0.255 e. The molecule has 0 spiro atoms. The molecule has 4 aromatic rings. The summed E-state index contributed by atoms with van der Waals surface area (Å²) in [4.78, 5) is 24.3. The molecule has 0 bridgehead atoms. The SMILES string of the molecule is Cc1cn2c(CN3CCN(C(=O)c4ccccc4Cl)CC3)c(-c3ccc(Cl)cc3)nc2s1. The lowest BCUT2D eigenvalue weighted by atomic mass is 10.1.